The summed E-state index contributed by atoms with van der Waals surface area (Å²) in [4.78, 5) is 25.4. The first-order chi connectivity index (χ1) is 16.5. The summed E-state index contributed by atoms with van der Waals surface area (Å²) < 4.78 is 16.5. The molecule has 0 spiro atoms. The number of anilines is 1. The molecule has 178 valence electrons. The number of rotatable bonds is 10. The molecule has 0 bridgehead atoms. The maximum atomic E-state index is 12.7. The van der Waals surface area contributed by atoms with Gasteiger partial charge in [-0.15, -0.1) is 11.3 Å². The molecule has 3 rings (SSSR count). The number of amides is 1. The Morgan fingerprint density at radius 3 is 2.32 bits per heavy atom. The van der Waals surface area contributed by atoms with E-state index >= 15 is 0 Å². The van der Waals surface area contributed by atoms with E-state index in [2.05, 4.69) is 5.32 Å². The minimum Gasteiger partial charge on any atom is -0.490 e. The maximum Gasteiger partial charge on any atom is 0.341 e. The van der Waals surface area contributed by atoms with Crippen molar-refractivity contribution < 1.29 is 23.8 Å². The third-order valence-electron chi connectivity index (χ3n) is 4.86. The van der Waals surface area contributed by atoms with E-state index in [0.717, 1.165) is 22.3 Å². The third kappa shape index (κ3) is 6.26. The summed E-state index contributed by atoms with van der Waals surface area (Å²) in [5.74, 6) is 0.464. The molecular formula is C27H29NO5S. The van der Waals surface area contributed by atoms with Gasteiger partial charge in [0.1, 0.15) is 10.6 Å². The van der Waals surface area contributed by atoms with Gasteiger partial charge in [0.15, 0.2) is 11.5 Å². The van der Waals surface area contributed by atoms with Gasteiger partial charge < -0.3 is 19.5 Å². The summed E-state index contributed by atoms with van der Waals surface area (Å²) in [6.45, 7) is 8.85. The number of carbonyl (C=O) groups is 2. The Morgan fingerprint density at radius 1 is 0.941 bits per heavy atom. The smallest absolute Gasteiger partial charge is 0.341 e. The normalized spacial score (nSPS) is 10.8. The zero-order valence-corrected chi connectivity index (χ0v) is 20.7. The Hall–Kier alpha value is -3.58. The Kier molecular flexibility index (Phi) is 8.87. The lowest BCUT2D eigenvalue weighted by Crippen LogP contribution is -2.12. The van der Waals surface area contributed by atoms with Crippen molar-refractivity contribution in [1.82, 2.24) is 0 Å². The van der Waals surface area contributed by atoms with Crippen molar-refractivity contribution >= 4 is 34.3 Å². The summed E-state index contributed by atoms with van der Waals surface area (Å²) in [5.41, 5.74) is 3.89. The summed E-state index contributed by atoms with van der Waals surface area (Å²) in [6.07, 6.45) is 3.11. The predicted molar refractivity (Wildman–Crippen MR) is 137 cm³/mol. The Balaban J connectivity index is 1.83. The van der Waals surface area contributed by atoms with Gasteiger partial charge in [-0.1, -0.05) is 35.9 Å². The molecule has 0 radical (unpaired) electrons. The number of aryl methyl sites for hydroxylation is 1. The fourth-order valence-electron chi connectivity index (χ4n) is 3.30. The van der Waals surface area contributed by atoms with Crippen LogP contribution in [0.15, 0.2) is 53.9 Å². The second-order valence-electron chi connectivity index (χ2n) is 7.33. The number of thiophene rings is 1. The number of benzene rings is 2. The molecule has 0 unspecified atom stereocenters. The van der Waals surface area contributed by atoms with E-state index in [1.54, 1.807) is 13.0 Å². The molecule has 1 aromatic heterocycles. The lowest BCUT2D eigenvalue weighted by Gasteiger charge is -2.11. The second-order valence-corrected chi connectivity index (χ2v) is 8.21. The van der Waals surface area contributed by atoms with Crippen LogP contribution in [0.2, 0.25) is 0 Å². The topological polar surface area (TPSA) is 73.9 Å². The van der Waals surface area contributed by atoms with Gasteiger partial charge in [0.05, 0.1) is 19.8 Å². The van der Waals surface area contributed by atoms with E-state index in [-0.39, 0.29) is 12.5 Å². The van der Waals surface area contributed by atoms with Crippen molar-refractivity contribution in [2.45, 2.75) is 27.7 Å². The lowest BCUT2D eigenvalue weighted by atomic mass is 10.0. The molecule has 0 atom stereocenters. The average Bonchev–Trinajstić information content (AvgIpc) is 3.23. The molecule has 0 aliphatic carbocycles. The van der Waals surface area contributed by atoms with E-state index in [0.29, 0.717) is 35.3 Å². The molecule has 0 aliphatic heterocycles. The highest BCUT2D eigenvalue weighted by Gasteiger charge is 2.22. The number of esters is 1. The van der Waals surface area contributed by atoms with Crippen molar-refractivity contribution in [3.8, 4) is 22.6 Å². The highest BCUT2D eigenvalue weighted by atomic mass is 32.1. The molecule has 0 saturated carbocycles. The summed E-state index contributed by atoms with van der Waals surface area (Å²) >= 11 is 1.29. The summed E-state index contributed by atoms with van der Waals surface area (Å²) in [5, 5.41) is 5.14. The van der Waals surface area contributed by atoms with Crippen molar-refractivity contribution in [3.05, 3.63) is 70.6 Å². The van der Waals surface area contributed by atoms with Gasteiger partial charge in [-0.3, -0.25) is 4.79 Å². The monoisotopic (exact) mass is 479 g/mol. The van der Waals surface area contributed by atoms with Crippen molar-refractivity contribution in [1.29, 1.82) is 0 Å². The second kappa shape index (κ2) is 12.0. The molecule has 0 saturated heterocycles. The fraction of sp³-hybridized carbons (Fsp3) is 0.259. The largest absolute Gasteiger partial charge is 0.490 e. The van der Waals surface area contributed by atoms with Gasteiger partial charge in [-0.25, -0.2) is 4.79 Å². The first-order valence-corrected chi connectivity index (χ1v) is 12.1. The van der Waals surface area contributed by atoms with E-state index in [1.807, 2.05) is 68.6 Å². The first-order valence-electron chi connectivity index (χ1n) is 11.2. The number of hydrogen-bond donors (Lipinski definition) is 1. The predicted octanol–water partition coefficient (Wildman–Crippen LogP) is 6.35. The summed E-state index contributed by atoms with van der Waals surface area (Å²) in [7, 11) is 0. The Labute approximate surface area is 204 Å². The highest BCUT2D eigenvalue weighted by Crippen LogP contribution is 2.36. The van der Waals surface area contributed by atoms with Crippen LogP contribution in [0.25, 0.3) is 17.2 Å². The molecule has 0 aliphatic rings. The number of nitrogens with one attached hydrogen (secondary N) is 1. The summed E-state index contributed by atoms with van der Waals surface area (Å²) in [6, 6.07) is 13.4. The van der Waals surface area contributed by atoms with Crippen LogP contribution in [0.3, 0.4) is 0 Å². The van der Waals surface area contributed by atoms with E-state index in [9.17, 15) is 9.59 Å². The molecule has 7 heteroatoms. The van der Waals surface area contributed by atoms with Gasteiger partial charge in [0, 0.05) is 17.0 Å². The molecule has 2 aromatic carbocycles. The van der Waals surface area contributed by atoms with Crippen LogP contribution in [0.4, 0.5) is 5.00 Å². The van der Waals surface area contributed by atoms with E-state index in [4.69, 9.17) is 14.2 Å². The maximum absolute atomic E-state index is 12.7. The average molecular weight is 480 g/mol. The van der Waals surface area contributed by atoms with Gasteiger partial charge in [0.25, 0.3) is 0 Å². The number of hydrogen-bond acceptors (Lipinski definition) is 6. The first kappa shape index (κ1) is 25.1. The van der Waals surface area contributed by atoms with Crippen molar-refractivity contribution in [2.24, 2.45) is 0 Å². The van der Waals surface area contributed by atoms with Gasteiger partial charge in [0.2, 0.25) is 5.91 Å². The van der Waals surface area contributed by atoms with Gasteiger partial charge in [-0.05, 0) is 57.0 Å². The molecule has 6 nitrogen and oxygen atoms in total. The van der Waals surface area contributed by atoms with Crippen LogP contribution < -0.4 is 14.8 Å². The molecule has 1 amide bonds. The molecule has 0 fully saturated rings. The standard InChI is InChI=1S/C27H29NO5S/c1-5-31-22-14-10-19(16-23(22)32-6-2)11-15-24(29)28-26-25(27(30)33-7-3)21(17-34-26)20-12-8-18(4)9-13-20/h8-17H,5-7H2,1-4H3,(H,28,29)/b15-11+. The third-order valence-corrected chi connectivity index (χ3v) is 5.76. The SMILES string of the molecule is CCOC(=O)c1c(-c2ccc(C)cc2)csc1NC(=O)/C=C/c1ccc(OCC)c(OCC)c1. The van der Waals surface area contributed by atoms with Crippen LogP contribution in [0.1, 0.15) is 42.3 Å². The highest BCUT2D eigenvalue weighted by molar-refractivity contribution is 7.15. The van der Waals surface area contributed by atoms with Gasteiger partial charge in [-0.2, -0.15) is 0 Å². The van der Waals surface area contributed by atoms with E-state index < -0.39 is 5.97 Å². The molecule has 1 heterocycles. The van der Waals surface area contributed by atoms with Crippen LogP contribution >= 0.6 is 11.3 Å². The fourth-order valence-corrected chi connectivity index (χ4v) is 4.26. The molecular weight excluding hydrogens is 450 g/mol. The number of ether oxygens (including phenoxy) is 3. The minimum absolute atomic E-state index is 0.245. The zero-order valence-electron chi connectivity index (χ0n) is 19.8. The molecule has 34 heavy (non-hydrogen) atoms. The Bertz CT molecular complexity index is 1160. The lowest BCUT2D eigenvalue weighted by molar-refractivity contribution is -0.111. The van der Waals surface area contributed by atoms with Crippen molar-refractivity contribution in [2.75, 3.05) is 25.1 Å². The Morgan fingerprint density at radius 2 is 1.65 bits per heavy atom. The molecule has 3 aromatic rings. The van der Waals surface area contributed by atoms with Crippen molar-refractivity contribution in [3.63, 3.8) is 0 Å². The van der Waals surface area contributed by atoms with Crippen LogP contribution in [0, 0.1) is 6.92 Å². The number of carbonyl (C=O) groups excluding carboxylic acids is 2. The minimum atomic E-state index is -0.466. The van der Waals surface area contributed by atoms with Crippen LogP contribution in [-0.4, -0.2) is 31.7 Å². The van der Waals surface area contributed by atoms with Crippen LogP contribution in [0.5, 0.6) is 11.5 Å². The van der Waals surface area contributed by atoms with Gasteiger partial charge >= 0.3 is 5.97 Å². The zero-order chi connectivity index (χ0) is 24.5. The van der Waals surface area contributed by atoms with E-state index in [1.165, 1.54) is 17.4 Å². The van der Waals surface area contributed by atoms with Crippen LogP contribution in [-0.2, 0) is 9.53 Å². The molecule has 1 N–H and O–H groups in total. The quantitative estimate of drug-likeness (QED) is 0.271.